The minimum atomic E-state index is 1.21. The molecule has 0 N–H and O–H groups in total. The first-order valence-electron chi connectivity index (χ1n) is 10.00. The van der Waals surface area contributed by atoms with E-state index in [2.05, 4.69) is 63.2 Å². The summed E-state index contributed by atoms with van der Waals surface area (Å²) in [4.78, 5) is 0. The minimum absolute atomic E-state index is 1.21. The van der Waals surface area contributed by atoms with Crippen molar-refractivity contribution in [3.05, 3.63) is 59.2 Å². The molecule has 2 aromatic rings. The Bertz CT molecular complexity index is 566. The van der Waals surface area contributed by atoms with Crippen LogP contribution < -0.4 is 0 Å². The summed E-state index contributed by atoms with van der Waals surface area (Å²) >= 11 is 0. The topological polar surface area (TPSA) is 0 Å². The van der Waals surface area contributed by atoms with Crippen LogP contribution in [0.3, 0.4) is 0 Å². The molecule has 0 saturated carbocycles. The van der Waals surface area contributed by atoms with Crippen molar-refractivity contribution in [2.75, 3.05) is 0 Å². The fourth-order valence-corrected chi connectivity index (χ4v) is 3.47. The molecule has 0 fully saturated rings. The molecule has 2 aromatic carbocycles. The lowest BCUT2D eigenvalue weighted by atomic mass is 9.87. The number of benzene rings is 2. The maximum absolute atomic E-state index is 2.50. The molecule has 0 heteroatoms. The van der Waals surface area contributed by atoms with E-state index in [9.17, 15) is 0 Å². The Balaban J connectivity index is 2.48. The van der Waals surface area contributed by atoms with E-state index in [-0.39, 0.29) is 0 Å². The summed E-state index contributed by atoms with van der Waals surface area (Å²) in [5.41, 5.74) is 7.62. The Morgan fingerprint density at radius 1 is 0.625 bits per heavy atom. The van der Waals surface area contributed by atoms with E-state index in [1.807, 2.05) is 0 Å². The fourth-order valence-electron chi connectivity index (χ4n) is 3.47. The second-order valence-corrected chi connectivity index (χ2v) is 6.97. The molecule has 0 bridgehead atoms. The van der Waals surface area contributed by atoms with Crippen molar-refractivity contribution in [2.45, 2.75) is 78.6 Å². The van der Waals surface area contributed by atoms with Gasteiger partial charge in [-0.3, -0.25) is 0 Å². The number of hydrogen-bond donors (Lipinski definition) is 0. The van der Waals surface area contributed by atoms with Crippen LogP contribution in [0.15, 0.2) is 42.5 Å². The van der Waals surface area contributed by atoms with Crippen LogP contribution in [-0.4, -0.2) is 0 Å². The maximum Gasteiger partial charge on any atom is -0.0120 e. The summed E-state index contributed by atoms with van der Waals surface area (Å²) in [7, 11) is 0. The molecule has 0 aliphatic rings. The van der Waals surface area contributed by atoms with Crippen molar-refractivity contribution in [3.63, 3.8) is 0 Å². The standard InChI is InChI=1S/C24H34/c1-4-7-13-20-18-22(14-8-5-2)24(21-16-11-10-12-17-21)23(19-20)15-9-6-3/h10-12,16-19H,4-9,13-15H2,1-3H3. The second kappa shape index (κ2) is 10.3. The lowest BCUT2D eigenvalue weighted by Crippen LogP contribution is -2.01. The van der Waals surface area contributed by atoms with Crippen LogP contribution in [0.5, 0.6) is 0 Å². The summed E-state index contributed by atoms with van der Waals surface area (Å²) in [6.45, 7) is 6.87. The Hall–Kier alpha value is -1.56. The van der Waals surface area contributed by atoms with Crippen molar-refractivity contribution in [1.82, 2.24) is 0 Å². The number of aryl methyl sites for hydroxylation is 3. The van der Waals surface area contributed by atoms with Gasteiger partial charge in [-0.25, -0.2) is 0 Å². The van der Waals surface area contributed by atoms with Crippen molar-refractivity contribution >= 4 is 0 Å². The van der Waals surface area contributed by atoms with E-state index in [1.165, 1.54) is 68.9 Å². The predicted molar refractivity (Wildman–Crippen MR) is 108 cm³/mol. The average molecular weight is 323 g/mol. The van der Waals surface area contributed by atoms with Gasteiger partial charge in [-0.05, 0) is 66.3 Å². The average Bonchev–Trinajstić information content (AvgIpc) is 2.63. The van der Waals surface area contributed by atoms with Gasteiger partial charge in [-0.15, -0.1) is 0 Å². The summed E-state index contributed by atoms with van der Waals surface area (Å²) in [6, 6.07) is 16.0. The first-order valence-corrected chi connectivity index (χ1v) is 10.00. The lowest BCUT2D eigenvalue weighted by Gasteiger charge is -2.18. The predicted octanol–water partition coefficient (Wildman–Crippen LogP) is 7.38. The number of unbranched alkanes of at least 4 members (excludes halogenated alkanes) is 3. The highest BCUT2D eigenvalue weighted by atomic mass is 14.2. The van der Waals surface area contributed by atoms with E-state index < -0.39 is 0 Å². The van der Waals surface area contributed by atoms with Gasteiger partial charge >= 0.3 is 0 Å². The maximum atomic E-state index is 2.50. The Kier molecular flexibility index (Phi) is 8.08. The lowest BCUT2D eigenvalue weighted by molar-refractivity contribution is 0.768. The summed E-state index contributed by atoms with van der Waals surface area (Å²) in [5.74, 6) is 0. The summed E-state index contributed by atoms with van der Waals surface area (Å²) in [5, 5.41) is 0. The Labute approximate surface area is 149 Å². The van der Waals surface area contributed by atoms with E-state index in [4.69, 9.17) is 0 Å². The third-order valence-electron chi connectivity index (χ3n) is 4.84. The van der Waals surface area contributed by atoms with Gasteiger partial charge in [0.15, 0.2) is 0 Å². The molecule has 0 saturated heterocycles. The van der Waals surface area contributed by atoms with Crippen molar-refractivity contribution < 1.29 is 0 Å². The second-order valence-electron chi connectivity index (χ2n) is 6.97. The van der Waals surface area contributed by atoms with Gasteiger partial charge in [0.1, 0.15) is 0 Å². The quantitative estimate of drug-likeness (QED) is 0.428. The molecule has 0 atom stereocenters. The number of rotatable bonds is 10. The van der Waals surface area contributed by atoms with E-state index in [0.29, 0.717) is 0 Å². The van der Waals surface area contributed by atoms with Gasteiger partial charge in [0, 0.05) is 0 Å². The van der Waals surface area contributed by atoms with Crippen LogP contribution in [0.1, 0.15) is 76.0 Å². The molecular weight excluding hydrogens is 288 g/mol. The molecule has 130 valence electrons. The van der Waals surface area contributed by atoms with Crippen LogP contribution in [0.4, 0.5) is 0 Å². The van der Waals surface area contributed by atoms with Gasteiger partial charge in [0.2, 0.25) is 0 Å². The SMILES string of the molecule is CCCCc1cc(CCCC)c(-c2ccccc2)c(CCCC)c1. The van der Waals surface area contributed by atoms with Crippen molar-refractivity contribution in [2.24, 2.45) is 0 Å². The molecular formula is C24H34. The van der Waals surface area contributed by atoms with Gasteiger partial charge in [0.25, 0.3) is 0 Å². The molecule has 24 heavy (non-hydrogen) atoms. The smallest absolute Gasteiger partial charge is 0.0120 e. The molecule has 0 amide bonds. The van der Waals surface area contributed by atoms with E-state index in [0.717, 1.165) is 0 Å². The number of hydrogen-bond acceptors (Lipinski definition) is 0. The van der Waals surface area contributed by atoms with E-state index in [1.54, 1.807) is 16.7 Å². The van der Waals surface area contributed by atoms with Crippen LogP contribution in [0, 0.1) is 0 Å². The highest BCUT2D eigenvalue weighted by Gasteiger charge is 2.12. The highest BCUT2D eigenvalue weighted by molar-refractivity contribution is 5.72. The molecule has 2 rings (SSSR count). The molecule has 0 aromatic heterocycles. The zero-order valence-corrected chi connectivity index (χ0v) is 15.9. The Morgan fingerprint density at radius 2 is 1.12 bits per heavy atom. The summed E-state index contributed by atoms with van der Waals surface area (Å²) < 4.78 is 0. The van der Waals surface area contributed by atoms with Gasteiger partial charge in [-0.2, -0.15) is 0 Å². The third kappa shape index (κ3) is 5.23. The van der Waals surface area contributed by atoms with Gasteiger partial charge in [-0.1, -0.05) is 82.5 Å². The molecule has 0 spiro atoms. The third-order valence-corrected chi connectivity index (χ3v) is 4.84. The van der Waals surface area contributed by atoms with Crippen LogP contribution >= 0.6 is 0 Å². The zero-order valence-electron chi connectivity index (χ0n) is 15.9. The first-order chi connectivity index (χ1) is 11.8. The largest absolute Gasteiger partial charge is 0.0654 e. The van der Waals surface area contributed by atoms with E-state index >= 15 is 0 Å². The highest BCUT2D eigenvalue weighted by Crippen LogP contribution is 2.32. The zero-order chi connectivity index (χ0) is 17.2. The molecule has 0 heterocycles. The van der Waals surface area contributed by atoms with Crippen LogP contribution in [0.25, 0.3) is 11.1 Å². The van der Waals surface area contributed by atoms with Crippen molar-refractivity contribution in [3.8, 4) is 11.1 Å². The minimum Gasteiger partial charge on any atom is -0.0654 e. The molecule has 0 unspecified atom stereocenters. The van der Waals surface area contributed by atoms with Crippen LogP contribution in [-0.2, 0) is 19.3 Å². The van der Waals surface area contributed by atoms with Gasteiger partial charge in [0.05, 0.1) is 0 Å². The monoisotopic (exact) mass is 322 g/mol. The Morgan fingerprint density at radius 3 is 1.62 bits per heavy atom. The van der Waals surface area contributed by atoms with Crippen LogP contribution in [0.2, 0.25) is 0 Å². The normalized spacial score (nSPS) is 11.0. The molecule has 0 aliphatic carbocycles. The molecule has 0 radical (unpaired) electrons. The fraction of sp³-hybridized carbons (Fsp3) is 0.500. The van der Waals surface area contributed by atoms with Gasteiger partial charge < -0.3 is 0 Å². The van der Waals surface area contributed by atoms with Crippen molar-refractivity contribution in [1.29, 1.82) is 0 Å². The summed E-state index contributed by atoms with van der Waals surface area (Å²) in [6.07, 6.45) is 11.3. The molecule has 0 nitrogen and oxygen atoms in total. The molecule has 0 aliphatic heterocycles. The first kappa shape index (κ1) is 18.8.